The molecule has 0 fully saturated rings. The zero-order chi connectivity index (χ0) is 38.1. The molecular weight excluding hydrogens is 667 g/mol. The van der Waals surface area contributed by atoms with E-state index in [4.69, 9.17) is 4.98 Å². The van der Waals surface area contributed by atoms with Crippen LogP contribution in [0.15, 0.2) is 170 Å². The second-order valence-corrected chi connectivity index (χ2v) is 14.7. The first-order valence-electron chi connectivity index (χ1n) is 19.9. The Morgan fingerprint density at radius 3 is 1.15 bits per heavy atom. The average Bonchev–Trinajstić information content (AvgIpc) is 3.23. The number of aromatic nitrogens is 1. The van der Waals surface area contributed by atoms with Crippen LogP contribution < -0.4 is 10.6 Å². The van der Waals surface area contributed by atoms with E-state index < -0.39 is 0 Å². The van der Waals surface area contributed by atoms with Gasteiger partial charge in [0.2, 0.25) is 0 Å². The Kier molecular flexibility index (Phi) is 11.9. The molecule has 0 bridgehead atoms. The minimum absolute atomic E-state index is 0.0119. The first-order chi connectivity index (χ1) is 26.9. The van der Waals surface area contributed by atoms with E-state index in [0.29, 0.717) is 0 Å². The summed E-state index contributed by atoms with van der Waals surface area (Å²) in [6, 6.07) is 61.6. The van der Waals surface area contributed by atoms with Crippen LogP contribution in [0.1, 0.15) is 113 Å². The molecule has 7 rings (SSSR count). The van der Waals surface area contributed by atoms with Gasteiger partial charge in [0.25, 0.3) is 0 Å². The number of hydrogen-bond donors (Lipinski definition) is 2. The highest BCUT2D eigenvalue weighted by molar-refractivity contribution is 5.69. The summed E-state index contributed by atoms with van der Waals surface area (Å²) < 4.78 is 0. The first kappa shape index (κ1) is 37.4. The van der Waals surface area contributed by atoms with Gasteiger partial charge in [-0.1, -0.05) is 177 Å². The van der Waals surface area contributed by atoms with Crippen molar-refractivity contribution in [2.24, 2.45) is 0 Å². The molecule has 1 aromatic heterocycles. The summed E-state index contributed by atoms with van der Waals surface area (Å²) in [7, 11) is 0. The zero-order valence-corrected chi connectivity index (χ0v) is 32.8. The summed E-state index contributed by atoms with van der Waals surface area (Å²) in [4.78, 5) is 5.35. The summed E-state index contributed by atoms with van der Waals surface area (Å²) in [6.07, 6.45) is 1.97. The van der Waals surface area contributed by atoms with E-state index in [9.17, 15) is 0 Å². The predicted octanol–water partition coefficient (Wildman–Crippen LogP) is 13.2. The lowest BCUT2D eigenvalue weighted by atomic mass is 9.78. The number of hydrogen-bond acceptors (Lipinski definition) is 3. The van der Waals surface area contributed by atoms with Crippen LogP contribution in [0, 0.1) is 6.92 Å². The number of para-hydroxylation sites is 1. The molecule has 0 amide bonds. The van der Waals surface area contributed by atoms with Crippen molar-refractivity contribution < 1.29 is 0 Å². The monoisotopic (exact) mass is 719 g/mol. The third kappa shape index (κ3) is 8.42. The Labute approximate surface area is 328 Å². The SMILES string of the molecule is CCc1cccc(CC)c1NC(C)c1cccc(C(C)Nc2c(C(c3ccccc3)c3ccccc3)cc(C)cc2C(c2ccccc2)c2ccccc2)n1. The molecule has 2 unspecified atom stereocenters. The largest absolute Gasteiger partial charge is 0.377 e. The molecule has 0 radical (unpaired) electrons. The van der Waals surface area contributed by atoms with Crippen molar-refractivity contribution in [1.29, 1.82) is 0 Å². The maximum Gasteiger partial charge on any atom is 0.0657 e. The van der Waals surface area contributed by atoms with Crippen LogP contribution >= 0.6 is 0 Å². The minimum Gasteiger partial charge on any atom is -0.377 e. The molecule has 3 nitrogen and oxygen atoms in total. The lowest BCUT2D eigenvalue weighted by Crippen LogP contribution is -2.18. The van der Waals surface area contributed by atoms with E-state index in [0.717, 1.165) is 29.9 Å². The van der Waals surface area contributed by atoms with E-state index in [1.54, 1.807) is 0 Å². The van der Waals surface area contributed by atoms with Crippen molar-refractivity contribution in [2.75, 3.05) is 10.6 Å². The summed E-state index contributed by atoms with van der Waals surface area (Å²) in [5.74, 6) is 0.0238. The Balaban J connectivity index is 1.37. The van der Waals surface area contributed by atoms with Crippen molar-refractivity contribution in [3.05, 3.63) is 231 Å². The molecule has 7 aromatic rings. The van der Waals surface area contributed by atoms with Crippen LogP contribution in [0.25, 0.3) is 0 Å². The Morgan fingerprint density at radius 2 is 0.782 bits per heavy atom. The Hall–Kier alpha value is -5.93. The van der Waals surface area contributed by atoms with E-state index in [-0.39, 0.29) is 23.9 Å². The molecule has 0 aliphatic carbocycles. The maximum atomic E-state index is 5.35. The second kappa shape index (κ2) is 17.5. The summed E-state index contributed by atoms with van der Waals surface area (Å²) in [6.45, 7) is 11.2. The molecule has 0 saturated heterocycles. The third-order valence-electron chi connectivity index (χ3n) is 10.9. The van der Waals surface area contributed by atoms with E-state index in [2.05, 4.69) is 215 Å². The van der Waals surface area contributed by atoms with E-state index >= 15 is 0 Å². The Bertz CT molecular complexity index is 2080. The van der Waals surface area contributed by atoms with Gasteiger partial charge in [-0.2, -0.15) is 0 Å². The number of anilines is 2. The number of nitrogens with zero attached hydrogens (tertiary/aromatic N) is 1. The molecule has 0 aliphatic rings. The Morgan fingerprint density at radius 1 is 0.436 bits per heavy atom. The molecule has 55 heavy (non-hydrogen) atoms. The van der Waals surface area contributed by atoms with Crippen LogP contribution in [-0.2, 0) is 12.8 Å². The van der Waals surface area contributed by atoms with Crippen molar-refractivity contribution >= 4 is 11.4 Å². The van der Waals surface area contributed by atoms with Crippen molar-refractivity contribution in [1.82, 2.24) is 4.98 Å². The van der Waals surface area contributed by atoms with Gasteiger partial charge in [0, 0.05) is 23.2 Å². The van der Waals surface area contributed by atoms with Gasteiger partial charge in [0.15, 0.2) is 0 Å². The number of pyridine rings is 1. The fraction of sp³-hybridized carbons (Fsp3) is 0.212. The van der Waals surface area contributed by atoms with Crippen LogP contribution in [0.5, 0.6) is 0 Å². The van der Waals surface area contributed by atoms with Gasteiger partial charge in [-0.05, 0) is 90.3 Å². The molecule has 0 spiro atoms. The van der Waals surface area contributed by atoms with Gasteiger partial charge in [-0.25, -0.2) is 0 Å². The predicted molar refractivity (Wildman–Crippen MR) is 232 cm³/mol. The fourth-order valence-electron chi connectivity index (χ4n) is 8.11. The molecule has 0 saturated carbocycles. The highest BCUT2D eigenvalue weighted by Gasteiger charge is 2.28. The molecule has 0 aliphatic heterocycles. The highest BCUT2D eigenvalue weighted by Crippen LogP contribution is 2.45. The zero-order valence-electron chi connectivity index (χ0n) is 32.8. The second-order valence-electron chi connectivity index (χ2n) is 14.7. The average molecular weight is 720 g/mol. The number of rotatable bonds is 14. The molecule has 2 atom stereocenters. The number of nitrogens with one attached hydrogen (secondary N) is 2. The first-order valence-corrected chi connectivity index (χ1v) is 19.9. The standard InChI is InChI=1S/C52H53N3/c1-6-39-30-20-31-40(7-2)51(39)53-37(4)47-32-21-33-48(55-47)38(5)54-52-45(49(41-22-12-8-13-23-41)42-24-14-9-15-25-42)34-36(3)35-46(52)50(43-26-16-10-17-27-43)44-28-18-11-19-29-44/h8-35,37-38,49-50,53-54H,6-7H2,1-5H3. The number of benzene rings is 6. The van der Waals surface area contributed by atoms with Gasteiger partial charge >= 0.3 is 0 Å². The molecular formula is C52H53N3. The van der Waals surface area contributed by atoms with Crippen molar-refractivity contribution in [3.63, 3.8) is 0 Å². The van der Waals surface area contributed by atoms with Gasteiger partial charge < -0.3 is 10.6 Å². The van der Waals surface area contributed by atoms with Gasteiger partial charge in [0.05, 0.1) is 23.5 Å². The maximum absolute atomic E-state index is 5.35. The topological polar surface area (TPSA) is 37.0 Å². The molecule has 3 heteroatoms. The van der Waals surface area contributed by atoms with E-state index in [1.807, 2.05) is 0 Å². The van der Waals surface area contributed by atoms with Crippen LogP contribution in [0.4, 0.5) is 11.4 Å². The summed E-state index contributed by atoms with van der Waals surface area (Å²) in [5.41, 5.74) is 15.9. The third-order valence-corrected chi connectivity index (χ3v) is 10.9. The van der Waals surface area contributed by atoms with Crippen molar-refractivity contribution in [3.8, 4) is 0 Å². The summed E-state index contributed by atoms with van der Waals surface area (Å²) >= 11 is 0. The normalized spacial score (nSPS) is 12.4. The van der Waals surface area contributed by atoms with Crippen LogP contribution in [0.2, 0.25) is 0 Å². The summed E-state index contributed by atoms with van der Waals surface area (Å²) in [5, 5.41) is 7.99. The molecule has 2 N–H and O–H groups in total. The quantitative estimate of drug-likeness (QED) is 0.110. The van der Waals surface area contributed by atoms with Gasteiger partial charge in [-0.3, -0.25) is 4.98 Å². The number of aryl methyl sites for hydroxylation is 3. The molecule has 276 valence electrons. The van der Waals surface area contributed by atoms with Crippen LogP contribution in [0.3, 0.4) is 0 Å². The molecule has 6 aromatic carbocycles. The van der Waals surface area contributed by atoms with Gasteiger partial charge in [0.1, 0.15) is 0 Å². The van der Waals surface area contributed by atoms with Crippen LogP contribution in [-0.4, -0.2) is 4.98 Å². The lowest BCUT2D eigenvalue weighted by molar-refractivity contribution is 0.773. The van der Waals surface area contributed by atoms with E-state index in [1.165, 1.54) is 55.8 Å². The molecule has 1 heterocycles. The van der Waals surface area contributed by atoms with Crippen molar-refractivity contribution in [2.45, 2.75) is 71.4 Å². The lowest BCUT2D eigenvalue weighted by Gasteiger charge is -2.31. The fourth-order valence-corrected chi connectivity index (χ4v) is 8.11. The smallest absolute Gasteiger partial charge is 0.0657 e. The minimum atomic E-state index is -0.0825. The van der Waals surface area contributed by atoms with Gasteiger partial charge in [-0.15, -0.1) is 0 Å². The highest BCUT2D eigenvalue weighted by atomic mass is 15.0.